The number of nitrogens with zero attached hydrogens (tertiary/aromatic N) is 4. The summed E-state index contributed by atoms with van der Waals surface area (Å²) in [6, 6.07) is 98.3. The van der Waals surface area contributed by atoms with Crippen molar-refractivity contribution in [3.8, 4) is 11.1 Å². The summed E-state index contributed by atoms with van der Waals surface area (Å²) in [4.78, 5) is 13.7. The summed E-state index contributed by atoms with van der Waals surface area (Å²) >= 11 is 3.91. The molecule has 8 heteroatoms. The molecule has 0 radical (unpaired) electrons. The monoisotopic (exact) mass is 978 g/mol. The summed E-state index contributed by atoms with van der Waals surface area (Å²) in [5.74, 6) is 0.0457. The summed E-state index contributed by atoms with van der Waals surface area (Å²) in [7, 11) is 0. The molecule has 0 N–H and O–H groups in total. The molecule has 4 aliphatic rings. The smallest absolute Gasteiger partial charge is 0.285 e. The van der Waals surface area contributed by atoms with Crippen LogP contribution in [0.15, 0.2) is 282 Å². The Morgan fingerprint density at radius 1 is 0.297 bits per heavy atom. The number of para-hydroxylation sites is 7. The van der Waals surface area contributed by atoms with Gasteiger partial charge < -0.3 is 19.6 Å². The fourth-order valence-corrected chi connectivity index (χ4v) is 14.6. The van der Waals surface area contributed by atoms with Crippen LogP contribution in [0.5, 0.6) is 0 Å². The predicted octanol–water partition coefficient (Wildman–Crippen LogP) is 15.1. The van der Waals surface area contributed by atoms with Gasteiger partial charge in [0.1, 0.15) is 0 Å². The zero-order chi connectivity index (χ0) is 48.7. The van der Waals surface area contributed by atoms with Crippen LogP contribution in [-0.2, 0) is 0 Å². The van der Waals surface area contributed by atoms with Gasteiger partial charge in [0, 0.05) is 82.9 Å². The zero-order valence-electron chi connectivity index (χ0n) is 40.2. The van der Waals surface area contributed by atoms with Gasteiger partial charge in [-0.25, -0.2) is 0 Å². The van der Waals surface area contributed by atoms with E-state index in [1.807, 2.05) is 23.4 Å². The molecule has 4 heterocycles. The van der Waals surface area contributed by atoms with E-state index < -0.39 is 0 Å². The lowest BCUT2D eigenvalue weighted by molar-refractivity contribution is 1.23. The van der Waals surface area contributed by atoms with Gasteiger partial charge in [-0.3, -0.25) is 0 Å². The molecule has 0 saturated carbocycles. The van der Waals surface area contributed by atoms with E-state index >= 15 is 0 Å². The highest BCUT2D eigenvalue weighted by Crippen LogP contribution is 2.51. The van der Waals surface area contributed by atoms with E-state index in [4.69, 9.17) is 0 Å². The van der Waals surface area contributed by atoms with Crippen LogP contribution in [-0.4, -0.2) is 12.7 Å². The van der Waals surface area contributed by atoms with Crippen molar-refractivity contribution in [2.75, 3.05) is 19.6 Å². The molecule has 0 amide bonds. The molecule has 0 saturated heterocycles. The highest BCUT2D eigenvalue weighted by Gasteiger charge is 2.46. The molecule has 11 aromatic rings. The van der Waals surface area contributed by atoms with Crippen molar-refractivity contribution in [3.05, 3.63) is 267 Å². The average Bonchev–Trinajstić information content (AvgIpc) is 3.52. The van der Waals surface area contributed by atoms with Crippen LogP contribution in [0, 0.1) is 0 Å². The molecular formula is C66H44B2N4S2. The van der Waals surface area contributed by atoms with Crippen molar-refractivity contribution in [2.45, 2.75) is 14.7 Å². The van der Waals surface area contributed by atoms with Crippen molar-refractivity contribution in [3.63, 3.8) is 0 Å². The third kappa shape index (κ3) is 6.89. The third-order valence-corrected chi connectivity index (χ3v) is 17.5. The summed E-state index contributed by atoms with van der Waals surface area (Å²) in [6.45, 7) is -0.00624. The third-order valence-electron chi connectivity index (χ3n) is 15.0. The first kappa shape index (κ1) is 43.1. The fourth-order valence-electron chi connectivity index (χ4n) is 11.9. The van der Waals surface area contributed by atoms with Crippen LogP contribution in [0.3, 0.4) is 0 Å². The molecule has 0 unspecified atom stereocenters. The number of benzene rings is 11. The van der Waals surface area contributed by atoms with E-state index in [-0.39, 0.29) is 12.7 Å². The molecule has 0 aliphatic carbocycles. The van der Waals surface area contributed by atoms with E-state index in [0.717, 1.165) is 45.5 Å². The van der Waals surface area contributed by atoms with Crippen LogP contribution < -0.4 is 46.9 Å². The lowest BCUT2D eigenvalue weighted by Gasteiger charge is -2.44. The predicted molar refractivity (Wildman–Crippen MR) is 317 cm³/mol. The minimum absolute atomic E-state index is 0.00624. The number of fused-ring (bicyclic) bond motifs is 8. The second-order valence-electron chi connectivity index (χ2n) is 19.2. The van der Waals surface area contributed by atoms with E-state index in [9.17, 15) is 0 Å². The SMILES string of the molecule is c1ccc(N(c2ccccc2)c2cc3c4c(c2)N(c2ccccc2)c2ccccc2B4c2cc4c(cc2S3)N(c2ccccc2)c2cc(N(c3ccccc3)c3ccccc3)cc3c2B4Sc2ccccc2-3)cc1. The molecule has 11 aromatic carbocycles. The Labute approximate surface area is 441 Å². The van der Waals surface area contributed by atoms with Crippen molar-refractivity contribution in [1.29, 1.82) is 0 Å². The van der Waals surface area contributed by atoms with Gasteiger partial charge in [-0.05, 0) is 148 Å². The van der Waals surface area contributed by atoms with Gasteiger partial charge in [-0.2, -0.15) is 11.6 Å². The summed E-state index contributed by atoms with van der Waals surface area (Å²) in [5.41, 5.74) is 23.0. The molecule has 74 heavy (non-hydrogen) atoms. The average molecular weight is 979 g/mol. The van der Waals surface area contributed by atoms with Gasteiger partial charge in [-0.15, -0.1) is 0 Å². The van der Waals surface area contributed by atoms with Gasteiger partial charge in [0.2, 0.25) is 6.71 Å². The van der Waals surface area contributed by atoms with Crippen molar-refractivity contribution < 1.29 is 0 Å². The van der Waals surface area contributed by atoms with Crippen molar-refractivity contribution >= 4 is 132 Å². The Kier molecular flexibility index (Phi) is 10.2. The van der Waals surface area contributed by atoms with Crippen molar-refractivity contribution in [2.24, 2.45) is 0 Å². The molecule has 0 atom stereocenters. The summed E-state index contributed by atoms with van der Waals surface area (Å²) < 4.78 is 0. The van der Waals surface area contributed by atoms with Gasteiger partial charge >= 0.3 is 0 Å². The maximum absolute atomic E-state index is 2.61. The van der Waals surface area contributed by atoms with E-state index in [1.54, 1.807) is 0 Å². The normalized spacial score (nSPS) is 13.2. The molecule has 4 aliphatic heterocycles. The Balaban J connectivity index is 0.990. The molecule has 346 valence electrons. The van der Waals surface area contributed by atoms with Gasteiger partial charge in [0.05, 0.1) is 0 Å². The first-order valence-corrected chi connectivity index (χ1v) is 27.0. The molecule has 0 aromatic heterocycles. The summed E-state index contributed by atoms with van der Waals surface area (Å²) in [6.07, 6.45) is 0. The molecule has 15 rings (SSSR count). The summed E-state index contributed by atoms with van der Waals surface area (Å²) in [5, 5.41) is 0. The van der Waals surface area contributed by atoms with Crippen LogP contribution >= 0.6 is 23.4 Å². The minimum atomic E-state index is -0.00624. The largest absolute Gasteiger partial charge is 0.311 e. The van der Waals surface area contributed by atoms with Crippen LogP contribution in [0.1, 0.15) is 0 Å². The number of rotatable bonds is 8. The van der Waals surface area contributed by atoms with Gasteiger partial charge in [0.25, 0.3) is 5.99 Å². The lowest BCUT2D eigenvalue weighted by Crippen LogP contribution is -2.61. The first-order valence-electron chi connectivity index (χ1n) is 25.3. The Morgan fingerprint density at radius 3 is 1.35 bits per heavy atom. The highest BCUT2D eigenvalue weighted by atomic mass is 32.2. The Morgan fingerprint density at radius 2 is 0.770 bits per heavy atom. The number of hydrogen-bond acceptors (Lipinski definition) is 6. The zero-order valence-corrected chi connectivity index (χ0v) is 41.8. The Hall–Kier alpha value is -8.55. The fraction of sp³-hybridized carbons (Fsp3) is 0. The molecule has 4 nitrogen and oxygen atoms in total. The second-order valence-corrected chi connectivity index (χ2v) is 21.4. The van der Waals surface area contributed by atoms with Gasteiger partial charge in [-0.1, -0.05) is 169 Å². The van der Waals surface area contributed by atoms with E-state index in [0.29, 0.717) is 0 Å². The number of hydrogen-bond donors (Lipinski definition) is 0. The van der Waals surface area contributed by atoms with E-state index in [2.05, 4.69) is 287 Å². The standard InChI is InChI=1S/C66H44B2N4S2/c1-7-23-45(24-8-1)69(46-25-9-2-10-26-46)51-39-54-53-35-19-22-38-62(53)74-68-56-43-57-63(44-59(56)72(60(40-51)65(54)68)50-33-17-6-18-34-50)73-64-42-52(70(47-27-11-3-12-28-47)48-29-13-4-14-30-48)41-61-66(64)67(57)55-36-20-21-37-58(55)71(61)49-31-15-5-16-32-49/h1-44H. The molecule has 0 bridgehead atoms. The molecule has 0 fully saturated rings. The topological polar surface area (TPSA) is 13.0 Å². The van der Waals surface area contributed by atoms with Crippen molar-refractivity contribution in [1.82, 2.24) is 0 Å². The quantitative estimate of drug-likeness (QED) is 0.140. The van der Waals surface area contributed by atoms with Crippen LogP contribution in [0.25, 0.3) is 11.1 Å². The maximum atomic E-state index is 2.61. The van der Waals surface area contributed by atoms with Crippen LogP contribution in [0.4, 0.5) is 68.2 Å². The minimum Gasteiger partial charge on any atom is -0.311 e. The molecular weight excluding hydrogens is 935 g/mol. The lowest BCUT2D eigenvalue weighted by atomic mass is 9.34. The molecule has 0 spiro atoms. The van der Waals surface area contributed by atoms with Gasteiger partial charge in [0.15, 0.2) is 0 Å². The van der Waals surface area contributed by atoms with Crippen LogP contribution in [0.2, 0.25) is 0 Å². The van der Waals surface area contributed by atoms with E-state index in [1.165, 1.54) is 75.9 Å². The highest BCUT2D eigenvalue weighted by molar-refractivity contribution is 8.28. The Bertz CT molecular complexity index is 3860. The maximum Gasteiger partial charge on any atom is 0.285 e. The second kappa shape index (κ2) is 17.6. The number of anilines is 12. The first-order chi connectivity index (χ1) is 36.7.